The first kappa shape index (κ1) is 22.5. The van der Waals surface area contributed by atoms with Crippen molar-refractivity contribution in [3.63, 3.8) is 0 Å². The first-order chi connectivity index (χ1) is 15.9. The highest BCUT2D eigenvalue weighted by Gasteiger charge is 2.13. The molecule has 4 aromatic rings. The van der Waals surface area contributed by atoms with Gasteiger partial charge in [-0.1, -0.05) is 23.7 Å². The number of carbonyl (C=O) groups is 1. The molecule has 0 aliphatic heterocycles. The fraction of sp³-hybridized carbons (Fsp3) is 0.0952. The summed E-state index contributed by atoms with van der Waals surface area (Å²) >= 11 is 9.39. The predicted molar refractivity (Wildman–Crippen MR) is 124 cm³/mol. The Bertz CT molecular complexity index is 1320. The summed E-state index contributed by atoms with van der Waals surface area (Å²) in [6.45, 7) is 0.534. The molecular weight excluding hydrogens is 516 g/mol. The van der Waals surface area contributed by atoms with Crippen LogP contribution in [0, 0.1) is 10.1 Å². The van der Waals surface area contributed by atoms with E-state index in [1.165, 1.54) is 22.9 Å². The number of hydrogen-bond donors (Lipinski definition) is 1. The fourth-order valence-corrected chi connectivity index (χ4v) is 3.52. The minimum Gasteiger partial charge on any atom is -0.470 e. The topological polar surface area (TPSA) is 117 Å². The van der Waals surface area contributed by atoms with Crippen molar-refractivity contribution in [1.82, 2.24) is 19.6 Å². The molecule has 12 heteroatoms. The van der Waals surface area contributed by atoms with Crippen molar-refractivity contribution in [3.05, 3.63) is 98.0 Å². The van der Waals surface area contributed by atoms with Gasteiger partial charge in [0, 0.05) is 30.2 Å². The zero-order valence-electron chi connectivity index (χ0n) is 16.9. The van der Waals surface area contributed by atoms with E-state index in [2.05, 4.69) is 31.4 Å². The van der Waals surface area contributed by atoms with Gasteiger partial charge in [0.15, 0.2) is 12.4 Å². The molecule has 10 nitrogen and oxygen atoms in total. The number of benzene rings is 2. The van der Waals surface area contributed by atoms with E-state index in [1.807, 2.05) is 24.4 Å². The molecule has 168 valence electrons. The summed E-state index contributed by atoms with van der Waals surface area (Å²) in [5.41, 5.74) is 1.68. The number of halogens is 2. The van der Waals surface area contributed by atoms with Crippen molar-refractivity contribution in [2.24, 2.45) is 0 Å². The number of amides is 1. The molecule has 2 heterocycles. The molecule has 2 aromatic heterocycles. The van der Waals surface area contributed by atoms with Gasteiger partial charge in [0.05, 0.1) is 27.2 Å². The maximum Gasteiger partial charge on any atom is 0.276 e. The highest BCUT2D eigenvalue weighted by Crippen LogP contribution is 2.28. The fourth-order valence-electron chi connectivity index (χ4n) is 2.97. The molecule has 2 aromatic carbocycles. The SMILES string of the molecule is O=C(Nc1cccc(Cn2cc(Br)cn2)c1)c1ccn(COc2ccc([N+](=O)[O-])cc2Cl)n1. The normalized spacial score (nSPS) is 10.7. The molecule has 0 saturated heterocycles. The van der Waals surface area contributed by atoms with Crippen molar-refractivity contribution in [2.75, 3.05) is 5.32 Å². The number of nitro groups is 1. The summed E-state index contributed by atoms with van der Waals surface area (Å²) in [6, 6.07) is 12.9. The Morgan fingerprint density at radius 1 is 1.21 bits per heavy atom. The first-order valence-corrected chi connectivity index (χ1v) is 10.7. The van der Waals surface area contributed by atoms with Crippen LogP contribution in [0.15, 0.2) is 71.6 Å². The Morgan fingerprint density at radius 2 is 2.06 bits per heavy atom. The molecule has 0 fully saturated rings. The molecule has 0 spiro atoms. The van der Waals surface area contributed by atoms with Crippen LogP contribution in [0.3, 0.4) is 0 Å². The Morgan fingerprint density at radius 3 is 2.79 bits per heavy atom. The van der Waals surface area contributed by atoms with Crippen LogP contribution < -0.4 is 10.1 Å². The third-order valence-corrected chi connectivity index (χ3v) is 5.19. The van der Waals surface area contributed by atoms with Gasteiger partial charge in [-0.3, -0.25) is 19.6 Å². The molecule has 0 aliphatic carbocycles. The predicted octanol–water partition coefficient (Wildman–Crippen LogP) is 4.74. The van der Waals surface area contributed by atoms with Crippen molar-refractivity contribution < 1.29 is 14.5 Å². The van der Waals surface area contributed by atoms with E-state index < -0.39 is 4.92 Å². The number of carbonyl (C=O) groups excluding carboxylic acids is 1. The number of nitrogens with zero attached hydrogens (tertiary/aromatic N) is 5. The lowest BCUT2D eigenvalue weighted by molar-refractivity contribution is -0.384. The number of nitro benzene ring substituents is 1. The quantitative estimate of drug-likeness (QED) is 0.259. The number of ether oxygens (including phenoxy) is 1. The number of aromatic nitrogens is 4. The second-order valence-electron chi connectivity index (χ2n) is 6.90. The van der Waals surface area contributed by atoms with Crippen LogP contribution in [0.2, 0.25) is 5.02 Å². The monoisotopic (exact) mass is 530 g/mol. The third-order valence-electron chi connectivity index (χ3n) is 4.48. The van der Waals surface area contributed by atoms with E-state index in [-0.39, 0.29) is 34.8 Å². The summed E-state index contributed by atoms with van der Waals surface area (Å²) in [5.74, 6) is -0.106. The summed E-state index contributed by atoms with van der Waals surface area (Å²) in [4.78, 5) is 22.8. The molecule has 0 radical (unpaired) electrons. The summed E-state index contributed by atoms with van der Waals surface area (Å²) in [6.07, 6.45) is 5.16. The zero-order valence-corrected chi connectivity index (χ0v) is 19.2. The molecule has 0 unspecified atom stereocenters. The molecule has 0 aliphatic rings. The highest BCUT2D eigenvalue weighted by molar-refractivity contribution is 9.10. The lowest BCUT2D eigenvalue weighted by Crippen LogP contribution is -2.14. The van der Waals surface area contributed by atoms with Crippen LogP contribution >= 0.6 is 27.5 Å². The average molecular weight is 532 g/mol. The van der Waals surface area contributed by atoms with E-state index in [0.717, 1.165) is 10.0 Å². The minimum absolute atomic E-state index is 0.0280. The van der Waals surface area contributed by atoms with Crippen LogP contribution in [0.1, 0.15) is 16.1 Å². The lowest BCUT2D eigenvalue weighted by atomic mass is 10.2. The maximum absolute atomic E-state index is 12.6. The molecular formula is C21H16BrClN6O4. The van der Waals surface area contributed by atoms with Crippen LogP contribution in [0.25, 0.3) is 0 Å². The van der Waals surface area contributed by atoms with Crippen LogP contribution in [0.5, 0.6) is 5.75 Å². The number of anilines is 1. The van der Waals surface area contributed by atoms with Gasteiger partial charge in [0.1, 0.15) is 5.75 Å². The molecule has 1 amide bonds. The number of rotatable bonds is 8. The standard InChI is InChI=1S/C21H16BrClN6O4/c22-15-10-24-28(12-15)11-14-2-1-3-16(8-14)25-21(30)19-6-7-27(26-19)13-33-20-5-4-17(29(31)32)9-18(20)23/h1-10,12H,11,13H2,(H,25,30). The van der Waals surface area contributed by atoms with Gasteiger partial charge in [-0.2, -0.15) is 10.2 Å². The maximum atomic E-state index is 12.6. The molecule has 1 N–H and O–H groups in total. The highest BCUT2D eigenvalue weighted by atomic mass is 79.9. The average Bonchev–Trinajstić information content (AvgIpc) is 3.42. The van der Waals surface area contributed by atoms with Gasteiger partial charge in [-0.05, 0) is 45.8 Å². The van der Waals surface area contributed by atoms with Crippen molar-refractivity contribution in [3.8, 4) is 5.75 Å². The van der Waals surface area contributed by atoms with Gasteiger partial charge in [0.2, 0.25) is 0 Å². The van der Waals surface area contributed by atoms with Crippen LogP contribution in [-0.4, -0.2) is 30.4 Å². The minimum atomic E-state index is -0.541. The van der Waals surface area contributed by atoms with Gasteiger partial charge >= 0.3 is 0 Å². The van der Waals surface area contributed by atoms with Gasteiger partial charge in [0.25, 0.3) is 11.6 Å². The van der Waals surface area contributed by atoms with E-state index in [1.54, 1.807) is 29.2 Å². The lowest BCUT2D eigenvalue weighted by Gasteiger charge is -2.08. The van der Waals surface area contributed by atoms with E-state index in [4.69, 9.17) is 16.3 Å². The van der Waals surface area contributed by atoms with Crippen LogP contribution in [0.4, 0.5) is 11.4 Å². The molecule has 4 rings (SSSR count). The smallest absolute Gasteiger partial charge is 0.276 e. The van der Waals surface area contributed by atoms with Gasteiger partial charge in [-0.15, -0.1) is 0 Å². The first-order valence-electron chi connectivity index (χ1n) is 9.56. The third kappa shape index (κ3) is 5.76. The Hall–Kier alpha value is -3.70. The number of non-ortho nitro benzene ring substituents is 1. The second kappa shape index (κ2) is 9.84. The Balaban J connectivity index is 1.36. The number of hydrogen-bond acceptors (Lipinski definition) is 6. The molecule has 0 bridgehead atoms. The zero-order chi connectivity index (χ0) is 23.4. The Labute approximate surface area is 201 Å². The molecule has 33 heavy (non-hydrogen) atoms. The van der Waals surface area contributed by atoms with E-state index >= 15 is 0 Å². The van der Waals surface area contributed by atoms with Gasteiger partial charge < -0.3 is 10.1 Å². The molecule has 0 saturated carbocycles. The van der Waals surface area contributed by atoms with E-state index in [0.29, 0.717) is 12.2 Å². The summed E-state index contributed by atoms with van der Waals surface area (Å²) in [5, 5.41) is 22.2. The van der Waals surface area contributed by atoms with Gasteiger partial charge in [-0.25, -0.2) is 4.68 Å². The van der Waals surface area contributed by atoms with Crippen LogP contribution in [-0.2, 0) is 13.3 Å². The largest absolute Gasteiger partial charge is 0.470 e. The van der Waals surface area contributed by atoms with Crippen molar-refractivity contribution in [1.29, 1.82) is 0 Å². The number of nitrogens with one attached hydrogen (secondary N) is 1. The van der Waals surface area contributed by atoms with Crippen molar-refractivity contribution >= 4 is 44.8 Å². The molecule has 0 atom stereocenters. The summed E-state index contributed by atoms with van der Waals surface area (Å²) in [7, 11) is 0. The van der Waals surface area contributed by atoms with E-state index in [9.17, 15) is 14.9 Å². The van der Waals surface area contributed by atoms with Crippen molar-refractivity contribution in [2.45, 2.75) is 13.3 Å². The summed E-state index contributed by atoms with van der Waals surface area (Å²) < 4.78 is 9.63. The second-order valence-corrected chi connectivity index (χ2v) is 8.22. The Kier molecular flexibility index (Phi) is 6.71.